The molecule has 0 aliphatic carbocycles. The van der Waals surface area contributed by atoms with Crippen molar-refractivity contribution in [2.24, 2.45) is 10.9 Å². The molecule has 26 heavy (non-hydrogen) atoms. The van der Waals surface area contributed by atoms with Gasteiger partial charge in [-0.15, -0.1) is 0 Å². The Morgan fingerprint density at radius 1 is 1.23 bits per heavy atom. The summed E-state index contributed by atoms with van der Waals surface area (Å²) in [6.07, 6.45) is 1.16. The van der Waals surface area contributed by atoms with E-state index in [1.807, 2.05) is 20.8 Å². The number of nitrogens with zero attached hydrogens (tertiary/aromatic N) is 2. The normalized spacial score (nSPS) is 18.8. The number of guanidine groups is 1. The van der Waals surface area contributed by atoms with E-state index < -0.39 is 15.6 Å². The second-order valence-corrected chi connectivity index (χ2v) is 9.54. The molecule has 1 aliphatic rings. The Balaban J connectivity index is 2.70. The van der Waals surface area contributed by atoms with E-state index in [0.29, 0.717) is 24.5 Å². The van der Waals surface area contributed by atoms with Crippen molar-refractivity contribution in [3.8, 4) is 0 Å². The van der Waals surface area contributed by atoms with Gasteiger partial charge < -0.3 is 15.4 Å². The van der Waals surface area contributed by atoms with Crippen molar-refractivity contribution in [1.82, 2.24) is 20.3 Å². The minimum atomic E-state index is -3.27. The van der Waals surface area contributed by atoms with Gasteiger partial charge >= 0.3 is 0 Å². The number of hydrogen-bond donors (Lipinski definition) is 3. The van der Waals surface area contributed by atoms with Gasteiger partial charge in [-0.25, -0.2) is 13.1 Å². The summed E-state index contributed by atoms with van der Waals surface area (Å²) in [5, 5.41) is 6.65. The summed E-state index contributed by atoms with van der Waals surface area (Å²) in [7, 11) is -3.27. The first-order valence-corrected chi connectivity index (χ1v) is 11.3. The zero-order valence-corrected chi connectivity index (χ0v) is 17.9. The Morgan fingerprint density at radius 3 is 2.35 bits per heavy atom. The molecule has 0 aromatic carbocycles. The summed E-state index contributed by atoms with van der Waals surface area (Å²) in [4.78, 5) is 7.03. The van der Waals surface area contributed by atoms with Crippen molar-refractivity contribution in [3.63, 3.8) is 0 Å². The molecular weight excluding hydrogens is 354 g/mol. The van der Waals surface area contributed by atoms with Gasteiger partial charge in [0, 0.05) is 37.8 Å². The SMILES string of the molecule is CCNC(=NCC(C)(C)NS(C)(=O)=O)NCC(C(C)C)N1CCOCC1. The number of morpholine rings is 1. The molecular formula is C17H37N5O3S. The molecule has 0 bridgehead atoms. The average molecular weight is 392 g/mol. The van der Waals surface area contributed by atoms with Crippen LogP contribution in [-0.4, -0.2) is 83.1 Å². The van der Waals surface area contributed by atoms with Crippen LogP contribution in [0.25, 0.3) is 0 Å². The van der Waals surface area contributed by atoms with E-state index in [1.165, 1.54) is 0 Å². The van der Waals surface area contributed by atoms with Crippen LogP contribution in [0.15, 0.2) is 4.99 Å². The molecule has 8 nitrogen and oxygen atoms in total. The van der Waals surface area contributed by atoms with Crippen LogP contribution in [-0.2, 0) is 14.8 Å². The monoisotopic (exact) mass is 391 g/mol. The van der Waals surface area contributed by atoms with Crippen LogP contribution in [0.1, 0.15) is 34.6 Å². The highest BCUT2D eigenvalue weighted by Crippen LogP contribution is 2.12. The quantitative estimate of drug-likeness (QED) is 0.385. The van der Waals surface area contributed by atoms with Crippen molar-refractivity contribution >= 4 is 16.0 Å². The van der Waals surface area contributed by atoms with Crippen molar-refractivity contribution < 1.29 is 13.2 Å². The number of aliphatic imine (C=N–C) groups is 1. The van der Waals surface area contributed by atoms with E-state index in [-0.39, 0.29) is 0 Å². The second kappa shape index (κ2) is 10.4. The highest BCUT2D eigenvalue weighted by Gasteiger charge is 2.25. The Hall–Kier alpha value is -0.900. The van der Waals surface area contributed by atoms with Crippen molar-refractivity contribution in [2.45, 2.75) is 46.2 Å². The molecule has 1 atom stereocenters. The van der Waals surface area contributed by atoms with E-state index in [1.54, 1.807) is 0 Å². The fraction of sp³-hybridized carbons (Fsp3) is 0.941. The van der Waals surface area contributed by atoms with Crippen molar-refractivity contribution in [1.29, 1.82) is 0 Å². The largest absolute Gasteiger partial charge is 0.379 e. The van der Waals surface area contributed by atoms with Gasteiger partial charge in [0.25, 0.3) is 0 Å². The van der Waals surface area contributed by atoms with E-state index in [2.05, 4.69) is 39.1 Å². The number of hydrogen-bond acceptors (Lipinski definition) is 5. The van der Waals surface area contributed by atoms with Crippen molar-refractivity contribution in [2.75, 3.05) is 52.2 Å². The maximum Gasteiger partial charge on any atom is 0.209 e. The molecule has 1 heterocycles. The first-order valence-electron chi connectivity index (χ1n) is 9.37. The third-order valence-corrected chi connectivity index (χ3v) is 5.12. The van der Waals surface area contributed by atoms with Gasteiger partial charge in [0.2, 0.25) is 10.0 Å². The van der Waals surface area contributed by atoms with E-state index >= 15 is 0 Å². The van der Waals surface area contributed by atoms with Crippen LogP contribution in [0.2, 0.25) is 0 Å². The predicted molar refractivity (Wildman–Crippen MR) is 107 cm³/mol. The number of nitrogens with one attached hydrogen (secondary N) is 3. The summed E-state index contributed by atoms with van der Waals surface area (Å²) >= 11 is 0. The highest BCUT2D eigenvalue weighted by atomic mass is 32.2. The predicted octanol–water partition coefficient (Wildman–Crippen LogP) is 0.226. The van der Waals surface area contributed by atoms with Gasteiger partial charge in [-0.3, -0.25) is 9.89 Å². The summed E-state index contributed by atoms with van der Waals surface area (Å²) in [6.45, 7) is 15.4. The molecule has 1 rings (SSSR count). The molecule has 9 heteroatoms. The molecule has 0 spiro atoms. The summed E-state index contributed by atoms with van der Waals surface area (Å²) in [5.41, 5.74) is -0.641. The van der Waals surface area contributed by atoms with Crippen LogP contribution < -0.4 is 15.4 Å². The van der Waals surface area contributed by atoms with E-state index in [4.69, 9.17) is 4.74 Å². The summed E-state index contributed by atoms with van der Waals surface area (Å²) < 4.78 is 31.0. The molecule has 1 aliphatic heterocycles. The standard InChI is InChI=1S/C17H37N5O3S/c1-7-18-16(20-13-17(4,5)21-26(6,23)24)19-12-15(14(2)3)22-8-10-25-11-9-22/h14-15,21H,7-13H2,1-6H3,(H2,18,19,20). The molecule has 0 aromatic rings. The van der Waals surface area contributed by atoms with Gasteiger partial charge in [-0.1, -0.05) is 13.8 Å². The van der Waals surface area contributed by atoms with Crippen molar-refractivity contribution in [3.05, 3.63) is 0 Å². The van der Waals surface area contributed by atoms with E-state index in [9.17, 15) is 8.42 Å². The fourth-order valence-corrected chi connectivity index (χ4v) is 4.12. The highest BCUT2D eigenvalue weighted by molar-refractivity contribution is 7.88. The average Bonchev–Trinajstić information content (AvgIpc) is 2.51. The molecule has 0 amide bonds. The first kappa shape index (κ1) is 23.1. The number of ether oxygens (including phenoxy) is 1. The van der Waals surface area contributed by atoms with Gasteiger partial charge in [0.15, 0.2) is 5.96 Å². The molecule has 3 N–H and O–H groups in total. The molecule has 0 saturated carbocycles. The van der Waals surface area contributed by atoms with Gasteiger partial charge in [-0.2, -0.15) is 0 Å². The maximum atomic E-state index is 11.5. The van der Waals surface area contributed by atoms with Crippen LogP contribution >= 0.6 is 0 Å². The molecule has 154 valence electrons. The molecule has 1 saturated heterocycles. The number of sulfonamides is 1. The third kappa shape index (κ3) is 9.16. The zero-order valence-electron chi connectivity index (χ0n) is 17.1. The summed E-state index contributed by atoms with van der Waals surface area (Å²) in [5.74, 6) is 1.21. The smallest absolute Gasteiger partial charge is 0.209 e. The zero-order chi connectivity index (χ0) is 19.8. The van der Waals surface area contributed by atoms with Crippen LogP contribution in [0.4, 0.5) is 0 Å². The van der Waals surface area contributed by atoms with Gasteiger partial charge in [0.1, 0.15) is 0 Å². The second-order valence-electron chi connectivity index (χ2n) is 7.79. The minimum absolute atomic E-state index is 0.347. The molecule has 0 radical (unpaired) electrons. The molecule has 1 fully saturated rings. The first-order chi connectivity index (χ1) is 12.0. The van der Waals surface area contributed by atoms with Crippen LogP contribution in [0.3, 0.4) is 0 Å². The Kier molecular flexibility index (Phi) is 9.29. The van der Waals surface area contributed by atoms with Crippen LogP contribution in [0, 0.1) is 5.92 Å². The lowest BCUT2D eigenvalue weighted by Gasteiger charge is -2.37. The summed E-state index contributed by atoms with van der Waals surface area (Å²) in [6, 6.07) is 0.393. The fourth-order valence-electron chi connectivity index (χ4n) is 3.05. The number of rotatable bonds is 9. The Labute approximate surface area is 159 Å². The Morgan fingerprint density at radius 2 is 1.85 bits per heavy atom. The lowest BCUT2D eigenvalue weighted by Crippen LogP contribution is -2.53. The lowest BCUT2D eigenvalue weighted by atomic mass is 10.0. The lowest BCUT2D eigenvalue weighted by molar-refractivity contribution is 0.00752. The van der Waals surface area contributed by atoms with Gasteiger partial charge in [0.05, 0.1) is 26.0 Å². The van der Waals surface area contributed by atoms with E-state index in [0.717, 1.165) is 45.6 Å². The van der Waals surface area contributed by atoms with Crippen LogP contribution in [0.5, 0.6) is 0 Å². The third-order valence-electron chi connectivity index (χ3n) is 4.20. The maximum absolute atomic E-state index is 11.5. The minimum Gasteiger partial charge on any atom is -0.379 e. The van der Waals surface area contributed by atoms with Gasteiger partial charge in [-0.05, 0) is 26.7 Å². The molecule has 0 aromatic heterocycles. The Bertz CT molecular complexity index is 543. The topological polar surface area (TPSA) is 95.1 Å². The molecule has 1 unspecified atom stereocenters.